The molecule has 0 atom stereocenters. The quantitative estimate of drug-likeness (QED) is 0.622. The van der Waals surface area contributed by atoms with E-state index in [4.69, 9.17) is 5.73 Å². The molecular weight excluding hydrogens is 189 g/mol. The predicted octanol–water partition coefficient (Wildman–Crippen LogP) is 2.35. The van der Waals surface area contributed by atoms with Crippen LogP contribution in [0.25, 0.3) is 0 Å². The van der Waals surface area contributed by atoms with E-state index in [-0.39, 0.29) is 10.3 Å². The minimum atomic E-state index is -4.42. The zero-order valence-electron chi connectivity index (χ0n) is 5.77. The second-order valence-electron chi connectivity index (χ2n) is 2.16. The largest absolute Gasteiger partial charge is 0.419 e. The van der Waals surface area contributed by atoms with Crippen LogP contribution in [0.4, 0.5) is 19.0 Å². The van der Waals surface area contributed by atoms with Crippen molar-refractivity contribution in [3.8, 4) is 0 Å². The average Bonchev–Trinajstić information content (AvgIpc) is 1.83. The summed E-state index contributed by atoms with van der Waals surface area (Å²) in [6.45, 7) is 0. The number of rotatable bonds is 0. The first-order chi connectivity index (χ1) is 5.41. The summed E-state index contributed by atoms with van der Waals surface area (Å²) < 4.78 is 35.9. The summed E-state index contributed by atoms with van der Waals surface area (Å²) in [6.07, 6.45) is -3.65. The Hall–Kier alpha value is -1.04. The number of aromatic nitrogens is 1. The SMILES string of the molecule is Nc1cc(=S)c(C(F)(F)F)c[nH]1. The molecule has 1 heterocycles. The molecule has 6 heteroatoms. The summed E-state index contributed by atoms with van der Waals surface area (Å²) in [4.78, 5) is 2.24. The van der Waals surface area contributed by atoms with Gasteiger partial charge in [-0.15, -0.1) is 0 Å². The lowest BCUT2D eigenvalue weighted by molar-refractivity contribution is -0.138. The van der Waals surface area contributed by atoms with Gasteiger partial charge in [-0.3, -0.25) is 0 Å². The number of anilines is 1. The van der Waals surface area contributed by atoms with E-state index in [0.29, 0.717) is 0 Å². The van der Waals surface area contributed by atoms with Gasteiger partial charge in [0.15, 0.2) is 0 Å². The molecule has 2 nitrogen and oxygen atoms in total. The Kier molecular flexibility index (Phi) is 2.10. The molecule has 0 amide bonds. The minimum Gasteiger partial charge on any atom is -0.385 e. The van der Waals surface area contributed by atoms with Crippen LogP contribution in [0.1, 0.15) is 5.56 Å². The van der Waals surface area contributed by atoms with Gasteiger partial charge in [0.1, 0.15) is 5.82 Å². The lowest BCUT2D eigenvalue weighted by Gasteiger charge is -2.06. The van der Waals surface area contributed by atoms with Gasteiger partial charge in [0.25, 0.3) is 0 Å². The lowest BCUT2D eigenvalue weighted by Crippen LogP contribution is -2.07. The number of hydrogen-bond acceptors (Lipinski definition) is 2. The molecule has 0 bridgehead atoms. The highest BCUT2D eigenvalue weighted by atomic mass is 32.1. The molecule has 3 N–H and O–H groups in total. The number of aromatic amines is 1. The van der Waals surface area contributed by atoms with Crippen LogP contribution >= 0.6 is 12.2 Å². The van der Waals surface area contributed by atoms with Gasteiger partial charge in [-0.05, 0) is 6.07 Å². The summed E-state index contributed by atoms with van der Waals surface area (Å²) in [7, 11) is 0. The minimum absolute atomic E-state index is 0.119. The van der Waals surface area contributed by atoms with Crippen molar-refractivity contribution in [2.75, 3.05) is 5.73 Å². The molecule has 0 spiro atoms. The van der Waals surface area contributed by atoms with Crippen molar-refractivity contribution < 1.29 is 13.2 Å². The molecule has 0 fully saturated rings. The van der Waals surface area contributed by atoms with Crippen LogP contribution in [-0.4, -0.2) is 4.98 Å². The second kappa shape index (κ2) is 2.78. The normalized spacial score (nSPS) is 11.6. The van der Waals surface area contributed by atoms with E-state index in [1.54, 1.807) is 0 Å². The number of nitrogens with two attached hydrogens (primary N) is 1. The number of nitrogens with one attached hydrogen (secondary N) is 1. The highest BCUT2D eigenvalue weighted by molar-refractivity contribution is 7.71. The Morgan fingerprint density at radius 3 is 2.42 bits per heavy atom. The molecule has 0 unspecified atom stereocenters. The van der Waals surface area contributed by atoms with Gasteiger partial charge >= 0.3 is 6.18 Å². The van der Waals surface area contributed by atoms with Crippen molar-refractivity contribution in [1.29, 1.82) is 0 Å². The predicted molar refractivity (Wildman–Crippen MR) is 41.0 cm³/mol. The zero-order valence-corrected chi connectivity index (χ0v) is 6.59. The van der Waals surface area contributed by atoms with E-state index < -0.39 is 11.7 Å². The number of pyridine rings is 1. The van der Waals surface area contributed by atoms with E-state index in [1.165, 1.54) is 0 Å². The van der Waals surface area contributed by atoms with E-state index >= 15 is 0 Å². The number of nitrogen functional groups attached to an aromatic ring is 1. The van der Waals surface area contributed by atoms with Crippen molar-refractivity contribution in [2.45, 2.75) is 6.18 Å². The van der Waals surface area contributed by atoms with Crippen LogP contribution in [0.3, 0.4) is 0 Å². The summed E-state index contributed by atoms with van der Waals surface area (Å²) in [5, 5.41) is 0. The molecular formula is C6H5F3N2S. The maximum absolute atomic E-state index is 12.1. The van der Waals surface area contributed by atoms with Gasteiger partial charge in [-0.1, -0.05) is 12.2 Å². The highest BCUT2D eigenvalue weighted by Gasteiger charge is 2.31. The average molecular weight is 194 g/mol. The van der Waals surface area contributed by atoms with Crippen molar-refractivity contribution in [3.63, 3.8) is 0 Å². The third kappa shape index (κ3) is 1.76. The molecule has 0 saturated carbocycles. The first-order valence-corrected chi connectivity index (χ1v) is 3.37. The maximum Gasteiger partial charge on any atom is 0.419 e. The van der Waals surface area contributed by atoms with Crippen LogP contribution in [0, 0.1) is 4.51 Å². The Labute approximate surface area is 71.2 Å². The smallest absolute Gasteiger partial charge is 0.385 e. The topological polar surface area (TPSA) is 41.8 Å². The molecule has 0 aliphatic carbocycles. The molecule has 66 valence electrons. The zero-order chi connectivity index (χ0) is 9.35. The van der Waals surface area contributed by atoms with E-state index in [0.717, 1.165) is 12.3 Å². The van der Waals surface area contributed by atoms with Crippen molar-refractivity contribution in [3.05, 3.63) is 22.3 Å². The molecule has 1 rings (SSSR count). The molecule has 0 radical (unpaired) electrons. The van der Waals surface area contributed by atoms with E-state index in [1.807, 2.05) is 0 Å². The van der Waals surface area contributed by atoms with Crippen LogP contribution in [0.15, 0.2) is 12.3 Å². The van der Waals surface area contributed by atoms with Crippen molar-refractivity contribution in [1.82, 2.24) is 4.98 Å². The Morgan fingerprint density at radius 1 is 1.42 bits per heavy atom. The maximum atomic E-state index is 12.1. The monoisotopic (exact) mass is 194 g/mol. The standard InChI is InChI=1S/C6H5F3N2S/c7-6(8,9)3-2-11-5(10)1-4(3)12/h1-2H,(H3,10,11,12). The fourth-order valence-corrected chi connectivity index (χ4v) is 1.01. The van der Waals surface area contributed by atoms with Gasteiger partial charge in [-0.2, -0.15) is 13.2 Å². The Bertz CT molecular complexity index is 341. The lowest BCUT2D eigenvalue weighted by atomic mass is 10.3. The van der Waals surface area contributed by atoms with Crippen molar-refractivity contribution in [2.24, 2.45) is 0 Å². The van der Waals surface area contributed by atoms with Crippen LogP contribution < -0.4 is 5.73 Å². The van der Waals surface area contributed by atoms with Crippen LogP contribution in [0.5, 0.6) is 0 Å². The molecule has 0 aliphatic rings. The van der Waals surface area contributed by atoms with Gasteiger partial charge < -0.3 is 10.7 Å². The first-order valence-electron chi connectivity index (χ1n) is 2.96. The van der Waals surface area contributed by atoms with Crippen LogP contribution in [-0.2, 0) is 6.18 Å². The Morgan fingerprint density at radius 2 is 2.00 bits per heavy atom. The van der Waals surface area contributed by atoms with Crippen LogP contribution in [0.2, 0.25) is 0 Å². The fourth-order valence-electron chi connectivity index (χ4n) is 0.709. The molecule has 0 aliphatic heterocycles. The van der Waals surface area contributed by atoms with Gasteiger partial charge in [-0.25, -0.2) is 0 Å². The summed E-state index contributed by atoms with van der Waals surface area (Å²) >= 11 is 4.47. The summed E-state index contributed by atoms with van der Waals surface area (Å²) in [5.74, 6) is 0.119. The third-order valence-corrected chi connectivity index (χ3v) is 1.58. The third-order valence-electron chi connectivity index (χ3n) is 1.24. The Balaban J connectivity index is 3.29. The summed E-state index contributed by atoms with van der Waals surface area (Å²) in [5.41, 5.74) is 4.31. The van der Waals surface area contributed by atoms with E-state index in [2.05, 4.69) is 17.2 Å². The molecule has 0 aromatic carbocycles. The highest BCUT2D eigenvalue weighted by Crippen LogP contribution is 2.29. The summed E-state index contributed by atoms with van der Waals surface area (Å²) in [6, 6.07) is 1.07. The molecule has 1 aromatic rings. The van der Waals surface area contributed by atoms with Gasteiger partial charge in [0, 0.05) is 6.20 Å². The fraction of sp³-hybridized carbons (Fsp3) is 0.167. The first kappa shape index (κ1) is 9.05. The molecule has 12 heavy (non-hydrogen) atoms. The van der Waals surface area contributed by atoms with Gasteiger partial charge in [0.05, 0.1) is 10.1 Å². The number of alkyl halides is 3. The van der Waals surface area contributed by atoms with Gasteiger partial charge in [0.2, 0.25) is 0 Å². The van der Waals surface area contributed by atoms with E-state index in [9.17, 15) is 13.2 Å². The number of hydrogen-bond donors (Lipinski definition) is 2. The molecule has 1 aromatic heterocycles. The second-order valence-corrected chi connectivity index (χ2v) is 2.60. The number of H-pyrrole nitrogens is 1. The number of halogens is 3. The molecule has 0 saturated heterocycles. The van der Waals surface area contributed by atoms with Crippen molar-refractivity contribution >= 4 is 18.0 Å².